The summed E-state index contributed by atoms with van der Waals surface area (Å²) >= 11 is 0. The fourth-order valence-electron chi connectivity index (χ4n) is 2.93. The number of aromatic amines is 1. The summed E-state index contributed by atoms with van der Waals surface area (Å²) in [5.74, 6) is 2.59. The van der Waals surface area contributed by atoms with Gasteiger partial charge in [-0.3, -0.25) is 0 Å². The maximum Gasteiger partial charge on any atom is 0.259 e. The van der Waals surface area contributed by atoms with Gasteiger partial charge in [0.25, 0.3) is 5.89 Å². The number of H-pyrrole nitrogens is 1. The molecule has 1 N–H and O–H groups in total. The van der Waals surface area contributed by atoms with E-state index < -0.39 is 0 Å². The average Bonchev–Trinajstić information content (AvgIpc) is 3.16. The van der Waals surface area contributed by atoms with Crippen LogP contribution in [0.4, 0.5) is 0 Å². The molecular formula is C15H18N4O. The van der Waals surface area contributed by atoms with Crippen molar-refractivity contribution < 1.29 is 4.52 Å². The van der Waals surface area contributed by atoms with Crippen LogP contribution in [0, 0.1) is 17.2 Å². The van der Waals surface area contributed by atoms with Gasteiger partial charge in [0.2, 0.25) is 0 Å². The maximum atomic E-state index is 8.81. The van der Waals surface area contributed by atoms with Crippen LogP contribution in [0.2, 0.25) is 0 Å². The van der Waals surface area contributed by atoms with E-state index in [9.17, 15) is 0 Å². The van der Waals surface area contributed by atoms with Gasteiger partial charge in [-0.05, 0) is 37.7 Å². The van der Waals surface area contributed by atoms with Gasteiger partial charge < -0.3 is 9.51 Å². The van der Waals surface area contributed by atoms with E-state index in [4.69, 9.17) is 9.78 Å². The van der Waals surface area contributed by atoms with Gasteiger partial charge in [-0.2, -0.15) is 10.2 Å². The van der Waals surface area contributed by atoms with Crippen molar-refractivity contribution >= 4 is 0 Å². The summed E-state index contributed by atoms with van der Waals surface area (Å²) in [6, 6.07) is 3.78. The molecule has 0 radical (unpaired) electrons. The lowest BCUT2D eigenvalue weighted by atomic mass is 9.80. The summed E-state index contributed by atoms with van der Waals surface area (Å²) in [6.07, 6.45) is 7.80. The molecular weight excluding hydrogens is 252 g/mol. The lowest BCUT2D eigenvalue weighted by Crippen LogP contribution is -2.13. The van der Waals surface area contributed by atoms with Crippen LogP contribution in [-0.4, -0.2) is 15.1 Å². The Morgan fingerprint density at radius 1 is 1.40 bits per heavy atom. The van der Waals surface area contributed by atoms with E-state index in [0.717, 1.165) is 30.1 Å². The Labute approximate surface area is 118 Å². The molecule has 5 nitrogen and oxygen atoms in total. The van der Waals surface area contributed by atoms with E-state index in [1.54, 1.807) is 12.3 Å². The summed E-state index contributed by atoms with van der Waals surface area (Å²) in [4.78, 5) is 7.36. The highest BCUT2D eigenvalue weighted by molar-refractivity contribution is 5.54. The fraction of sp³-hybridized carbons (Fsp3) is 0.533. The highest BCUT2D eigenvalue weighted by Gasteiger charge is 2.25. The van der Waals surface area contributed by atoms with Gasteiger partial charge in [0.15, 0.2) is 5.82 Å². The molecule has 0 spiro atoms. The SMILES string of the molecule is CCC1CCC(c2noc(-c3c[nH]c(C#N)c3)n2)CC1. The molecule has 0 saturated heterocycles. The van der Waals surface area contributed by atoms with Crippen molar-refractivity contribution in [1.29, 1.82) is 5.26 Å². The van der Waals surface area contributed by atoms with Crippen molar-refractivity contribution in [1.82, 2.24) is 15.1 Å². The molecule has 3 rings (SSSR count). The highest BCUT2D eigenvalue weighted by atomic mass is 16.5. The summed E-state index contributed by atoms with van der Waals surface area (Å²) in [6.45, 7) is 2.26. The van der Waals surface area contributed by atoms with Crippen molar-refractivity contribution in [3.8, 4) is 17.5 Å². The van der Waals surface area contributed by atoms with Crippen LogP contribution in [0.15, 0.2) is 16.8 Å². The van der Waals surface area contributed by atoms with Crippen molar-refractivity contribution in [2.45, 2.75) is 44.9 Å². The summed E-state index contributed by atoms with van der Waals surface area (Å²) in [5.41, 5.74) is 1.28. The van der Waals surface area contributed by atoms with E-state index in [1.165, 1.54) is 19.3 Å². The first-order valence-corrected chi connectivity index (χ1v) is 7.22. The Morgan fingerprint density at radius 2 is 2.20 bits per heavy atom. The predicted octanol–water partition coefficient (Wildman–Crippen LogP) is 3.62. The van der Waals surface area contributed by atoms with Gasteiger partial charge in [-0.25, -0.2) is 0 Å². The molecule has 2 aromatic heterocycles. The van der Waals surface area contributed by atoms with Crippen LogP contribution >= 0.6 is 0 Å². The Bertz CT molecular complexity index is 614. The topological polar surface area (TPSA) is 78.5 Å². The van der Waals surface area contributed by atoms with Crippen LogP contribution in [0.1, 0.15) is 56.5 Å². The second-order valence-electron chi connectivity index (χ2n) is 5.50. The zero-order valence-electron chi connectivity index (χ0n) is 11.6. The molecule has 1 aliphatic rings. The average molecular weight is 270 g/mol. The summed E-state index contributed by atoms with van der Waals surface area (Å²) in [7, 11) is 0. The summed E-state index contributed by atoms with van der Waals surface area (Å²) < 4.78 is 5.32. The van der Waals surface area contributed by atoms with Crippen molar-refractivity contribution in [2.75, 3.05) is 0 Å². The van der Waals surface area contributed by atoms with E-state index in [2.05, 4.69) is 28.1 Å². The zero-order valence-corrected chi connectivity index (χ0v) is 11.6. The predicted molar refractivity (Wildman–Crippen MR) is 73.8 cm³/mol. The van der Waals surface area contributed by atoms with Gasteiger partial charge in [0.05, 0.1) is 5.56 Å². The second-order valence-corrected chi connectivity index (χ2v) is 5.50. The van der Waals surface area contributed by atoms with Crippen molar-refractivity contribution in [3.63, 3.8) is 0 Å². The standard InChI is InChI=1S/C15H18N4O/c1-2-10-3-5-11(6-4-10)14-18-15(20-19-14)12-7-13(8-16)17-9-12/h7,9-11,17H,2-6H2,1H3. The minimum absolute atomic E-state index is 0.421. The van der Waals surface area contributed by atoms with Crippen LogP contribution in [-0.2, 0) is 0 Å². The third-order valence-electron chi connectivity index (χ3n) is 4.28. The molecule has 0 aromatic carbocycles. The molecule has 0 amide bonds. The van der Waals surface area contributed by atoms with Gasteiger partial charge in [0, 0.05) is 12.1 Å². The van der Waals surface area contributed by atoms with Crippen molar-refractivity contribution in [3.05, 3.63) is 23.8 Å². The first kappa shape index (κ1) is 12.9. The minimum atomic E-state index is 0.421. The Balaban J connectivity index is 1.72. The van der Waals surface area contributed by atoms with Crippen LogP contribution in [0.25, 0.3) is 11.5 Å². The third-order valence-corrected chi connectivity index (χ3v) is 4.28. The quantitative estimate of drug-likeness (QED) is 0.923. The van der Waals surface area contributed by atoms with Gasteiger partial charge in [0.1, 0.15) is 11.8 Å². The van der Waals surface area contributed by atoms with Crippen LogP contribution < -0.4 is 0 Å². The molecule has 104 valence electrons. The molecule has 0 unspecified atom stereocenters. The number of nitrogens with one attached hydrogen (secondary N) is 1. The number of hydrogen-bond donors (Lipinski definition) is 1. The monoisotopic (exact) mass is 270 g/mol. The zero-order chi connectivity index (χ0) is 13.9. The number of hydrogen-bond acceptors (Lipinski definition) is 4. The fourth-order valence-corrected chi connectivity index (χ4v) is 2.93. The van der Waals surface area contributed by atoms with E-state index >= 15 is 0 Å². The third kappa shape index (κ3) is 2.46. The Kier molecular flexibility index (Phi) is 3.55. The number of rotatable bonds is 3. The number of aromatic nitrogens is 3. The summed E-state index contributed by atoms with van der Waals surface area (Å²) in [5, 5.41) is 12.9. The first-order chi connectivity index (χ1) is 9.80. The molecule has 20 heavy (non-hydrogen) atoms. The van der Waals surface area contributed by atoms with Crippen LogP contribution in [0.5, 0.6) is 0 Å². The molecule has 1 fully saturated rings. The lowest BCUT2D eigenvalue weighted by molar-refractivity contribution is 0.305. The molecule has 5 heteroatoms. The number of nitriles is 1. The van der Waals surface area contributed by atoms with Gasteiger partial charge in [-0.1, -0.05) is 18.5 Å². The Hall–Kier alpha value is -2.09. The second kappa shape index (κ2) is 5.49. The van der Waals surface area contributed by atoms with E-state index in [1.807, 2.05) is 0 Å². The first-order valence-electron chi connectivity index (χ1n) is 7.22. The molecule has 0 aliphatic heterocycles. The van der Waals surface area contributed by atoms with Crippen LogP contribution in [0.3, 0.4) is 0 Å². The molecule has 0 atom stereocenters. The molecule has 2 aromatic rings. The smallest absolute Gasteiger partial charge is 0.259 e. The largest absolute Gasteiger partial charge is 0.352 e. The van der Waals surface area contributed by atoms with Crippen molar-refractivity contribution in [2.24, 2.45) is 5.92 Å². The molecule has 1 saturated carbocycles. The normalized spacial score (nSPS) is 22.6. The van der Waals surface area contributed by atoms with Gasteiger partial charge >= 0.3 is 0 Å². The molecule has 0 bridgehead atoms. The lowest BCUT2D eigenvalue weighted by Gasteiger charge is -2.25. The molecule has 2 heterocycles. The Morgan fingerprint density at radius 3 is 2.85 bits per heavy atom. The molecule has 1 aliphatic carbocycles. The highest BCUT2D eigenvalue weighted by Crippen LogP contribution is 2.36. The minimum Gasteiger partial charge on any atom is -0.352 e. The van der Waals surface area contributed by atoms with E-state index in [-0.39, 0.29) is 0 Å². The maximum absolute atomic E-state index is 8.81. The number of nitrogens with zero attached hydrogens (tertiary/aromatic N) is 3. The van der Waals surface area contributed by atoms with Gasteiger partial charge in [-0.15, -0.1) is 0 Å². The van der Waals surface area contributed by atoms with E-state index in [0.29, 0.717) is 17.5 Å².